The maximum atomic E-state index is 13.4. The Hall–Kier alpha value is -2.93. The first kappa shape index (κ1) is 16.5. The number of hydrogen-bond donors (Lipinski definition) is 0. The number of thioether (sulfide) groups is 1. The van der Waals surface area contributed by atoms with Gasteiger partial charge in [-0.05, 0) is 30.3 Å². The molecule has 5 nitrogen and oxygen atoms in total. The third kappa shape index (κ3) is 3.01. The topological polar surface area (TPSA) is 52.7 Å². The van der Waals surface area contributed by atoms with E-state index < -0.39 is 0 Å². The molecule has 0 atom stereocenters. The number of rotatable bonds is 4. The van der Waals surface area contributed by atoms with E-state index in [1.807, 2.05) is 36.4 Å². The molecular formula is C19H15FN4OS. The molecule has 130 valence electrons. The molecule has 0 saturated heterocycles. The van der Waals surface area contributed by atoms with E-state index in [2.05, 4.69) is 10.1 Å². The molecule has 0 bridgehead atoms. The van der Waals surface area contributed by atoms with Crippen LogP contribution in [0.15, 0.2) is 70.5 Å². The highest BCUT2D eigenvalue weighted by Crippen LogP contribution is 2.24. The average molecular weight is 366 g/mol. The predicted molar refractivity (Wildman–Crippen MR) is 100 cm³/mol. The van der Waals surface area contributed by atoms with Gasteiger partial charge in [0.25, 0.3) is 5.56 Å². The number of aromatic nitrogens is 4. The van der Waals surface area contributed by atoms with E-state index in [4.69, 9.17) is 0 Å². The molecule has 0 unspecified atom stereocenters. The number of benzene rings is 2. The maximum absolute atomic E-state index is 13.4. The highest BCUT2D eigenvalue weighted by molar-refractivity contribution is 7.98. The predicted octanol–water partition coefficient (Wildman–Crippen LogP) is 3.55. The fraction of sp³-hybridized carbons (Fsp3) is 0.105. The molecule has 4 aromatic rings. The standard InChI is InChI=1S/C19H15FN4OS/c1-23-18-16(11-21-23)19(25)24(14-7-3-2-4-8-14)17(22-18)12-26-15-9-5-6-13(20)10-15/h2-11H,12H2,1H3. The number of fused-ring (bicyclic) bond motifs is 1. The van der Waals surface area contributed by atoms with Gasteiger partial charge in [-0.25, -0.2) is 9.37 Å². The summed E-state index contributed by atoms with van der Waals surface area (Å²) in [5.41, 5.74) is 1.12. The second-order valence-corrected chi connectivity index (χ2v) is 6.80. The Morgan fingerprint density at radius 3 is 2.69 bits per heavy atom. The van der Waals surface area contributed by atoms with Crippen molar-refractivity contribution >= 4 is 22.8 Å². The summed E-state index contributed by atoms with van der Waals surface area (Å²) in [7, 11) is 1.76. The molecule has 0 aliphatic carbocycles. The minimum Gasteiger partial charge on any atom is -0.268 e. The molecule has 0 spiro atoms. The third-order valence-electron chi connectivity index (χ3n) is 4.01. The van der Waals surface area contributed by atoms with Gasteiger partial charge in [0.2, 0.25) is 0 Å². The largest absolute Gasteiger partial charge is 0.269 e. The van der Waals surface area contributed by atoms with Gasteiger partial charge in [-0.2, -0.15) is 5.10 Å². The first-order valence-electron chi connectivity index (χ1n) is 8.01. The summed E-state index contributed by atoms with van der Waals surface area (Å²) in [5.74, 6) is 0.728. The van der Waals surface area contributed by atoms with Gasteiger partial charge in [0.1, 0.15) is 17.0 Å². The number of aryl methyl sites for hydroxylation is 1. The molecule has 0 N–H and O–H groups in total. The van der Waals surface area contributed by atoms with Crippen LogP contribution in [0.25, 0.3) is 16.7 Å². The second-order valence-electron chi connectivity index (χ2n) is 5.76. The number of hydrogen-bond acceptors (Lipinski definition) is 4. The van der Waals surface area contributed by atoms with Gasteiger partial charge < -0.3 is 0 Å². The van der Waals surface area contributed by atoms with Crippen LogP contribution in [-0.2, 0) is 12.8 Å². The molecule has 26 heavy (non-hydrogen) atoms. The van der Waals surface area contributed by atoms with Crippen LogP contribution in [0.5, 0.6) is 0 Å². The quantitative estimate of drug-likeness (QED) is 0.518. The van der Waals surface area contributed by atoms with Gasteiger partial charge in [0.05, 0.1) is 17.6 Å². The number of halogens is 1. The Bertz CT molecular complexity index is 1140. The molecule has 0 aliphatic heterocycles. The highest BCUT2D eigenvalue weighted by atomic mass is 32.2. The van der Waals surface area contributed by atoms with Crippen LogP contribution in [0.4, 0.5) is 4.39 Å². The number of para-hydroxylation sites is 1. The molecule has 2 heterocycles. The van der Waals surface area contributed by atoms with Crippen LogP contribution in [0, 0.1) is 5.82 Å². The van der Waals surface area contributed by atoms with Gasteiger partial charge in [0, 0.05) is 11.9 Å². The molecule has 4 rings (SSSR count). The van der Waals surface area contributed by atoms with E-state index >= 15 is 0 Å². The van der Waals surface area contributed by atoms with Gasteiger partial charge >= 0.3 is 0 Å². The Morgan fingerprint density at radius 1 is 1.12 bits per heavy atom. The summed E-state index contributed by atoms with van der Waals surface area (Å²) < 4.78 is 16.6. The van der Waals surface area contributed by atoms with E-state index in [0.717, 1.165) is 10.6 Å². The summed E-state index contributed by atoms with van der Waals surface area (Å²) in [6, 6.07) is 15.7. The van der Waals surface area contributed by atoms with Crippen molar-refractivity contribution in [3.05, 3.63) is 82.8 Å². The fourth-order valence-electron chi connectivity index (χ4n) is 2.77. The van der Waals surface area contributed by atoms with E-state index in [1.54, 1.807) is 22.4 Å². The molecule has 0 fully saturated rings. The average Bonchev–Trinajstić information content (AvgIpc) is 3.02. The number of nitrogens with zero attached hydrogens (tertiary/aromatic N) is 4. The highest BCUT2D eigenvalue weighted by Gasteiger charge is 2.15. The SMILES string of the molecule is Cn1ncc2c(=O)n(-c3ccccc3)c(CSc3cccc(F)c3)nc21. The Balaban J connectivity index is 1.83. The first-order chi connectivity index (χ1) is 12.6. The Labute approximate surface area is 153 Å². The zero-order valence-corrected chi connectivity index (χ0v) is 14.8. The lowest BCUT2D eigenvalue weighted by molar-refractivity contribution is 0.624. The lowest BCUT2D eigenvalue weighted by Gasteiger charge is -2.12. The Morgan fingerprint density at radius 2 is 1.92 bits per heavy atom. The molecule has 0 amide bonds. The summed E-state index contributed by atoms with van der Waals surface area (Å²) in [6.45, 7) is 0. The van der Waals surface area contributed by atoms with Crippen LogP contribution in [-0.4, -0.2) is 19.3 Å². The Kier molecular flexibility index (Phi) is 4.30. The summed E-state index contributed by atoms with van der Waals surface area (Å²) in [6.07, 6.45) is 1.54. The van der Waals surface area contributed by atoms with Crippen LogP contribution >= 0.6 is 11.8 Å². The summed E-state index contributed by atoms with van der Waals surface area (Å²) in [5, 5.41) is 4.62. The molecule has 2 aromatic heterocycles. The first-order valence-corrected chi connectivity index (χ1v) is 8.99. The second kappa shape index (κ2) is 6.76. The molecule has 0 radical (unpaired) electrons. The third-order valence-corrected chi connectivity index (χ3v) is 5.00. The molecule has 0 aliphatic rings. The van der Waals surface area contributed by atoms with E-state index in [9.17, 15) is 9.18 Å². The molecular weight excluding hydrogens is 351 g/mol. The van der Waals surface area contributed by atoms with Crippen LogP contribution < -0.4 is 5.56 Å². The van der Waals surface area contributed by atoms with Crippen LogP contribution in [0.3, 0.4) is 0 Å². The summed E-state index contributed by atoms with van der Waals surface area (Å²) >= 11 is 1.43. The van der Waals surface area contributed by atoms with Gasteiger partial charge in [-0.15, -0.1) is 11.8 Å². The zero-order valence-electron chi connectivity index (χ0n) is 14.0. The van der Waals surface area contributed by atoms with E-state index in [0.29, 0.717) is 22.6 Å². The van der Waals surface area contributed by atoms with E-state index in [-0.39, 0.29) is 11.4 Å². The lowest BCUT2D eigenvalue weighted by atomic mass is 10.3. The van der Waals surface area contributed by atoms with Crippen molar-refractivity contribution in [1.82, 2.24) is 19.3 Å². The maximum Gasteiger partial charge on any atom is 0.269 e. The van der Waals surface area contributed by atoms with Crippen molar-refractivity contribution in [2.75, 3.05) is 0 Å². The minimum atomic E-state index is -0.287. The lowest BCUT2D eigenvalue weighted by Crippen LogP contribution is -2.23. The van der Waals surface area contributed by atoms with Gasteiger partial charge in [-0.1, -0.05) is 24.3 Å². The minimum absolute atomic E-state index is 0.163. The van der Waals surface area contributed by atoms with Crippen LogP contribution in [0.1, 0.15) is 5.82 Å². The normalized spacial score (nSPS) is 11.2. The van der Waals surface area contributed by atoms with Crippen molar-refractivity contribution in [2.24, 2.45) is 7.05 Å². The van der Waals surface area contributed by atoms with Crippen molar-refractivity contribution < 1.29 is 4.39 Å². The van der Waals surface area contributed by atoms with E-state index in [1.165, 1.54) is 30.1 Å². The molecule has 7 heteroatoms. The fourth-order valence-corrected chi connectivity index (χ4v) is 3.63. The van der Waals surface area contributed by atoms with Gasteiger partial charge in [-0.3, -0.25) is 14.0 Å². The summed E-state index contributed by atoms with van der Waals surface area (Å²) in [4.78, 5) is 18.5. The van der Waals surface area contributed by atoms with Crippen LogP contribution in [0.2, 0.25) is 0 Å². The zero-order chi connectivity index (χ0) is 18.1. The van der Waals surface area contributed by atoms with Crippen molar-refractivity contribution in [3.8, 4) is 5.69 Å². The molecule has 2 aromatic carbocycles. The molecule has 0 saturated carbocycles. The van der Waals surface area contributed by atoms with Gasteiger partial charge in [0.15, 0.2) is 5.65 Å². The van der Waals surface area contributed by atoms with Crippen molar-refractivity contribution in [1.29, 1.82) is 0 Å². The smallest absolute Gasteiger partial charge is 0.268 e. The monoisotopic (exact) mass is 366 g/mol. The van der Waals surface area contributed by atoms with Crippen molar-refractivity contribution in [2.45, 2.75) is 10.6 Å². The van der Waals surface area contributed by atoms with Crippen molar-refractivity contribution in [3.63, 3.8) is 0 Å².